The molecule has 0 aromatic heterocycles. The smallest absolute Gasteiger partial charge is 0.339 e. The zero-order valence-electron chi connectivity index (χ0n) is 17.7. The number of ether oxygens (including phenoxy) is 1. The van der Waals surface area contributed by atoms with Crippen molar-refractivity contribution < 1.29 is 64.1 Å². The van der Waals surface area contributed by atoms with Crippen LogP contribution in [0.1, 0.15) is 75.0 Å². The molecule has 2 aromatic rings. The molecule has 184 valence electrons. The van der Waals surface area contributed by atoms with E-state index in [1.807, 2.05) is 0 Å². The molecular formula is C22H18O13. The highest BCUT2D eigenvalue weighted by atomic mass is 16.5. The van der Waals surface area contributed by atoms with E-state index in [0.29, 0.717) is 24.3 Å². The Morgan fingerprint density at radius 1 is 0.600 bits per heavy atom. The molecule has 0 atom stereocenters. The molecule has 0 aliphatic carbocycles. The standard InChI is InChI=1S/C22H18O13/c23-3-1-2-4-35-22(34)14-8-10(18(26)27)6-12(16(14)21(32)33)11-5-9(17(24)25)7-13(19(28)29)15(11)20(30)31/h5-8,23H,1-4H2,(H,24,25)(H,26,27)(H,28,29)(H,30,31)(H,32,33). The van der Waals surface area contributed by atoms with Crippen LogP contribution >= 0.6 is 0 Å². The van der Waals surface area contributed by atoms with E-state index in [0.717, 1.165) is 0 Å². The van der Waals surface area contributed by atoms with E-state index < -0.39 is 80.3 Å². The molecule has 0 amide bonds. The average Bonchev–Trinajstić information content (AvgIpc) is 2.79. The SMILES string of the molecule is O=C(O)c1cc(C(=O)O)c(C(=O)O)c(-c2cc(C(=O)O)cc(C(=O)OCCCCO)c2C(=O)O)c1. The van der Waals surface area contributed by atoms with Crippen molar-refractivity contribution in [2.24, 2.45) is 0 Å². The monoisotopic (exact) mass is 490 g/mol. The fourth-order valence-corrected chi connectivity index (χ4v) is 3.20. The van der Waals surface area contributed by atoms with E-state index in [1.165, 1.54) is 0 Å². The van der Waals surface area contributed by atoms with Crippen LogP contribution in [0.4, 0.5) is 0 Å². The van der Waals surface area contributed by atoms with Gasteiger partial charge in [0.15, 0.2) is 0 Å². The van der Waals surface area contributed by atoms with Crippen molar-refractivity contribution in [3.63, 3.8) is 0 Å². The van der Waals surface area contributed by atoms with Crippen molar-refractivity contribution in [3.8, 4) is 11.1 Å². The highest BCUT2D eigenvalue weighted by Crippen LogP contribution is 2.34. The number of aliphatic hydroxyl groups excluding tert-OH is 1. The summed E-state index contributed by atoms with van der Waals surface area (Å²) in [5.74, 6) is -10.2. The highest BCUT2D eigenvalue weighted by molar-refractivity contribution is 6.14. The lowest BCUT2D eigenvalue weighted by molar-refractivity contribution is 0.0482. The molecule has 0 aliphatic heterocycles. The van der Waals surface area contributed by atoms with E-state index in [9.17, 15) is 54.3 Å². The van der Waals surface area contributed by atoms with Crippen LogP contribution in [-0.2, 0) is 4.74 Å². The Bertz CT molecular complexity index is 1240. The molecule has 0 bridgehead atoms. The summed E-state index contributed by atoms with van der Waals surface area (Å²) in [4.78, 5) is 71.6. The van der Waals surface area contributed by atoms with Crippen LogP contribution in [0.2, 0.25) is 0 Å². The van der Waals surface area contributed by atoms with Gasteiger partial charge in [0.25, 0.3) is 0 Å². The highest BCUT2D eigenvalue weighted by Gasteiger charge is 2.30. The van der Waals surface area contributed by atoms with Gasteiger partial charge in [-0.05, 0) is 48.2 Å². The fourth-order valence-electron chi connectivity index (χ4n) is 3.20. The Labute approximate surface area is 195 Å². The second kappa shape index (κ2) is 10.9. The number of carbonyl (C=O) groups is 6. The predicted octanol–water partition coefficient (Wildman–Crippen LogP) is 1.77. The van der Waals surface area contributed by atoms with Gasteiger partial charge in [-0.1, -0.05) is 0 Å². The molecule has 13 nitrogen and oxygen atoms in total. The van der Waals surface area contributed by atoms with Gasteiger partial charge in [0.1, 0.15) is 0 Å². The minimum Gasteiger partial charge on any atom is -0.478 e. The van der Waals surface area contributed by atoms with Crippen LogP contribution in [0.3, 0.4) is 0 Å². The van der Waals surface area contributed by atoms with Gasteiger partial charge in [-0.25, -0.2) is 28.8 Å². The zero-order chi connectivity index (χ0) is 26.4. The summed E-state index contributed by atoms with van der Waals surface area (Å²) in [6.07, 6.45) is 0.448. The second-order valence-corrected chi connectivity index (χ2v) is 6.99. The van der Waals surface area contributed by atoms with Gasteiger partial charge < -0.3 is 35.4 Å². The first-order valence-electron chi connectivity index (χ1n) is 9.71. The fraction of sp³-hybridized carbons (Fsp3) is 0.182. The molecule has 2 rings (SSSR count). The number of rotatable bonds is 11. The number of hydrogen-bond donors (Lipinski definition) is 6. The number of aliphatic hydroxyl groups is 1. The Balaban J connectivity index is 2.98. The van der Waals surface area contributed by atoms with Crippen LogP contribution in [-0.4, -0.2) is 79.7 Å². The van der Waals surface area contributed by atoms with E-state index in [-0.39, 0.29) is 26.1 Å². The Hall–Kier alpha value is -4.78. The van der Waals surface area contributed by atoms with E-state index in [4.69, 9.17) is 9.84 Å². The molecule has 0 aliphatic rings. The topological polar surface area (TPSA) is 233 Å². The largest absolute Gasteiger partial charge is 0.478 e. The lowest BCUT2D eigenvalue weighted by Gasteiger charge is -2.16. The van der Waals surface area contributed by atoms with Crippen molar-refractivity contribution in [2.75, 3.05) is 13.2 Å². The third-order valence-electron chi connectivity index (χ3n) is 4.72. The number of carboxylic acid groups (broad SMARTS) is 5. The molecule has 0 heterocycles. The van der Waals surface area contributed by atoms with Gasteiger partial charge >= 0.3 is 35.8 Å². The number of aromatic carboxylic acids is 5. The molecule has 0 saturated heterocycles. The first-order chi connectivity index (χ1) is 16.4. The average molecular weight is 490 g/mol. The maximum absolute atomic E-state index is 12.6. The summed E-state index contributed by atoms with van der Waals surface area (Å²) in [7, 11) is 0. The third kappa shape index (κ3) is 5.78. The van der Waals surface area contributed by atoms with Gasteiger partial charge in [0.05, 0.1) is 40.0 Å². The summed E-state index contributed by atoms with van der Waals surface area (Å²) < 4.78 is 4.94. The second-order valence-electron chi connectivity index (χ2n) is 6.99. The molecule has 0 unspecified atom stereocenters. The first kappa shape index (κ1) is 26.5. The van der Waals surface area contributed by atoms with Crippen LogP contribution in [0.25, 0.3) is 11.1 Å². The van der Waals surface area contributed by atoms with Crippen LogP contribution in [0, 0.1) is 0 Å². The first-order valence-corrected chi connectivity index (χ1v) is 9.71. The minimum atomic E-state index is -1.88. The minimum absolute atomic E-state index is 0.196. The maximum Gasteiger partial charge on any atom is 0.339 e. The molecule has 0 radical (unpaired) electrons. The van der Waals surface area contributed by atoms with Crippen molar-refractivity contribution in [1.29, 1.82) is 0 Å². The summed E-state index contributed by atoms with van der Waals surface area (Å²) in [6, 6.07) is 2.59. The van der Waals surface area contributed by atoms with Gasteiger partial charge in [-0.2, -0.15) is 0 Å². The van der Waals surface area contributed by atoms with Crippen LogP contribution in [0.5, 0.6) is 0 Å². The molecular weight excluding hydrogens is 472 g/mol. The number of esters is 1. The molecule has 35 heavy (non-hydrogen) atoms. The zero-order valence-corrected chi connectivity index (χ0v) is 17.7. The summed E-state index contributed by atoms with van der Waals surface area (Å²) in [5.41, 5.74) is -6.61. The summed E-state index contributed by atoms with van der Waals surface area (Å²) in [5, 5.41) is 56.5. The lowest BCUT2D eigenvalue weighted by atomic mass is 9.87. The third-order valence-corrected chi connectivity index (χ3v) is 4.72. The number of carboxylic acids is 5. The molecule has 13 heteroatoms. The Morgan fingerprint density at radius 2 is 1.06 bits per heavy atom. The van der Waals surface area contributed by atoms with Gasteiger partial charge in [-0.3, -0.25) is 0 Å². The molecule has 0 saturated carbocycles. The molecule has 0 spiro atoms. The Kier molecular flexibility index (Phi) is 8.24. The number of unbranched alkanes of at least 4 members (excludes halogenated alkanes) is 1. The Morgan fingerprint density at radius 3 is 1.46 bits per heavy atom. The van der Waals surface area contributed by atoms with Crippen molar-refractivity contribution in [2.45, 2.75) is 12.8 Å². The van der Waals surface area contributed by atoms with Crippen molar-refractivity contribution in [3.05, 3.63) is 57.6 Å². The summed E-state index contributed by atoms with van der Waals surface area (Å²) >= 11 is 0. The van der Waals surface area contributed by atoms with Crippen LogP contribution in [0.15, 0.2) is 24.3 Å². The van der Waals surface area contributed by atoms with Gasteiger partial charge in [-0.15, -0.1) is 0 Å². The van der Waals surface area contributed by atoms with Crippen molar-refractivity contribution >= 4 is 35.8 Å². The van der Waals surface area contributed by atoms with E-state index in [2.05, 4.69) is 0 Å². The summed E-state index contributed by atoms with van der Waals surface area (Å²) in [6.45, 7) is -0.469. The molecule has 6 N–H and O–H groups in total. The number of carbonyl (C=O) groups excluding carboxylic acids is 1. The van der Waals surface area contributed by atoms with Crippen LogP contribution < -0.4 is 0 Å². The van der Waals surface area contributed by atoms with E-state index in [1.54, 1.807) is 0 Å². The molecule has 2 aromatic carbocycles. The quantitative estimate of drug-likeness (QED) is 0.195. The predicted molar refractivity (Wildman–Crippen MR) is 113 cm³/mol. The van der Waals surface area contributed by atoms with Gasteiger partial charge in [0, 0.05) is 6.61 Å². The normalized spacial score (nSPS) is 10.4. The van der Waals surface area contributed by atoms with Crippen molar-refractivity contribution in [1.82, 2.24) is 0 Å². The van der Waals surface area contributed by atoms with Gasteiger partial charge in [0.2, 0.25) is 0 Å². The maximum atomic E-state index is 12.6. The number of hydrogen-bond acceptors (Lipinski definition) is 8. The lowest BCUT2D eigenvalue weighted by Crippen LogP contribution is -2.18. The molecule has 0 fully saturated rings. The van der Waals surface area contributed by atoms with E-state index >= 15 is 0 Å². The number of benzene rings is 2.